The molecule has 0 unspecified atom stereocenters. The molecule has 1 heterocycles. The Hall–Kier alpha value is -1.51. The van der Waals surface area contributed by atoms with Crippen LogP contribution in [0.3, 0.4) is 0 Å². The lowest BCUT2D eigenvalue weighted by molar-refractivity contribution is 0.0895. The summed E-state index contributed by atoms with van der Waals surface area (Å²) in [6, 6.07) is 6.37. The van der Waals surface area contributed by atoms with Crippen LogP contribution in [0.15, 0.2) is 18.2 Å². The number of hydrogen-bond donors (Lipinski definition) is 2. The maximum atomic E-state index is 12.3. The largest absolute Gasteiger partial charge is 0.385 e. The van der Waals surface area contributed by atoms with Crippen molar-refractivity contribution in [3.8, 4) is 0 Å². The molecule has 0 saturated heterocycles. The molecule has 2 aliphatic rings. The first-order valence-electron chi connectivity index (χ1n) is 6.90. The molecule has 3 heteroatoms. The van der Waals surface area contributed by atoms with E-state index >= 15 is 0 Å². The Bertz CT molecular complexity index is 464. The monoisotopic (exact) mass is 244 g/mol. The molecule has 1 aromatic rings. The van der Waals surface area contributed by atoms with Crippen molar-refractivity contribution in [3.05, 3.63) is 29.3 Å². The van der Waals surface area contributed by atoms with Crippen LogP contribution in [0.5, 0.6) is 0 Å². The van der Waals surface area contributed by atoms with E-state index in [0.29, 0.717) is 6.04 Å². The number of fused-ring (bicyclic) bond motifs is 1. The maximum absolute atomic E-state index is 12.3. The van der Waals surface area contributed by atoms with Gasteiger partial charge in [-0.15, -0.1) is 0 Å². The van der Waals surface area contributed by atoms with Crippen molar-refractivity contribution in [2.45, 2.75) is 38.6 Å². The van der Waals surface area contributed by atoms with E-state index < -0.39 is 0 Å². The SMILES string of the molecule is CC1CC(NC(=O)c2cccc3c2CCCN3)C1. The zero-order valence-electron chi connectivity index (χ0n) is 10.8. The summed E-state index contributed by atoms with van der Waals surface area (Å²) in [5, 5.41) is 6.51. The number of amides is 1. The molecule has 1 aromatic carbocycles. The Balaban J connectivity index is 1.77. The van der Waals surface area contributed by atoms with Crippen LogP contribution >= 0.6 is 0 Å². The molecule has 1 amide bonds. The fourth-order valence-electron chi connectivity index (χ4n) is 3.01. The highest BCUT2D eigenvalue weighted by Gasteiger charge is 2.27. The van der Waals surface area contributed by atoms with Crippen LogP contribution in [0.2, 0.25) is 0 Å². The molecular formula is C15H20N2O. The van der Waals surface area contributed by atoms with Gasteiger partial charge >= 0.3 is 0 Å². The molecule has 1 fully saturated rings. The third kappa shape index (κ3) is 2.09. The first kappa shape index (κ1) is 11.6. The molecule has 0 radical (unpaired) electrons. The Morgan fingerprint density at radius 3 is 3.00 bits per heavy atom. The van der Waals surface area contributed by atoms with Gasteiger partial charge in [0.25, 0.3) is 5.91 Å². The highest BCUT2D eigenvalue weighted by molar-refractivity contribution is 5.97. The Labute approximate surface area is 108 Å². The van der Waals surface area contributed by atoms with Crippen molar-refractivity contribution >= 4 is 11.6 Å². The van der Waals surface area contributed by atoms with Gasteiger partial charge in [-0.05, 0) is 49.3 Å². The molecule has 0 bridgehead atoms. The standard InChI is InChI=1S/C15H20N2O/c1-10-8-11(9-10)17-15(18)13-4-2-6-14-12(13)5-3-7-16-14/h2,4,6,10-11,16H,3,5,7-9H2,1H3,(H,17,18). The maximum Gasteiger partial charge on any atom is 0.251 e. The zero-order chi connectivity index (χ0) is 12.5. The third-order valence-electron chi connectivity index (χ3n) is 4.05. The number of carbonyl (C=O) groups excluding carboxylic acids is 1. The number of carbonyl (C=O) groups is 1. The van der Waals surface area contributed by atoms with E-state index in [9.17, 15) is 4.79 Å². The molecule has 18 heavy (non-hydrogen) atoms. The van der Waals surface area contributed by atoms with Crippen molar-refractivity contribution in [2.75, 3.05) is 11.9 Å². The zero-order valence-corrected chi connectivity index (χ0v) is 10.8. The van der Waals surface area contributed by atoms with Gasteiger partial charge in [0, 0.05) is 23.8 Å². The van der Waals surface area contributed by atoms with Gasteiger partial charge in [0.2, 0.25) is 0 Å². The van der Waals surface area contributed by atoms with Gasteiger partial charge in [0.1, 0.15) is 0 Å². The Kier molecular flexibility index (Phi) is 2.98. The van der Waals surface area contributed by atoms with E-state index in [0.717, 1.165) is 49.4 Å². The molecule has 0 atom stereocenters. The normalized spacial score (nSPS) is 25.6. The van der Waals surface area contributed by atoms with E-state index in [1.54, 1.807) is 0 Å². The third-order valence-corrected chi connectivity index (χ3v) is 4.05. The van der Waals surface area contributed by atoms with E-state index in [4.69, 9.17) is 0 Å². The summed E-state index contributed by atoms with van der Waals surface area (Å²) in [7, 11) is 0. The number of benzene rings is 1. The number of rotatable bonds is 2. The van der Waals surface area contributed by atoms with Crippen LogP contribution in [0.4, 0.5) is 5.69 Å². The number of hydrogen-bond acceptors (Lipinski definition) is 2. The predicted octanol–water partition coefficient (Wildman–Crippen LogP) is 2.57. The second kappa shape index (κ2) is 4.63. The molecule has 2 N–H and O–H groups in total. The van der Waals surface area contributed by atoms with Crippen LogP contribution in [-0.2, 0) is 6.42 Å². The molecule has 96 valence electrons. The summed E-state index contributed by atoms with van der Waals surface area (Å²) in [6.07, 6.45) is 4.36. The fraction of sp³-hybridized carbons (Fsp3) is 0.533. The summed E-state index contributed by atoms with van der Waals surface area (Å²) in [5.74, 6) is 0.870. The number of anilines is 1. The van der Waals surface area contributed by atoms with Gasteiger partial charge < -0.3 is 10.6 Å². The highest BCUT2D eigenvalue weighted by Crippen LogP contribution is 2.28. The van der Waals surface area contributed by atoms with Gasteiger partial charge in [0.15, 0.2) is 0 Å². The molecule has 0 aromatic heterocycles. The van der Waals surface area contributed by atoms with Gasteiger partial charge in [-0.3, -0.25) is 4.79 Å². The lowest BCUT2D eigenvalue weighted by Crippen LogP contribution is -2.43. The first-order valence-corrected chi connectivity index (χ1v) is 6.90. The average Bonchev–Trinajstić information content (AvgIpc) is 2.36. The molecule has 1 saturated carbocycles. The van der Waals surface area contributed by atoms with Crippen LogP contribution in [-0.4, -0.2) is 18.5 Å². The van der Waals surface area contributed by atoms with Crippen molar-refractivity contribution < 1.29 is 4.79 Å². The topological polar surface area (TPSA) is 41.1 Å². The van der Waals surface area contributed by atoms with Crippen molar-refractivity contribution in [1.82, 2.24) is 5.32 Å². The molecule has 1 aliphatic heterocycles. The molecule has 1 aliphatic carbocycles. The van der Waals surface area contributed by atoms with Gasteiger partial charge in [0.05, 0.1) is 0 Å². The first-order chi connectivity index (χ1) is 8.74. The van der Waals surface area contributed by atoms with Crippen LogP contribution in [0.25, 0.3) is 0 Å². The minimum atomic E-state index is 0.104. The van der Waals surface area contributed by atoms with Gasteiger partial charge in [-0.25, -0.2) is 0 Å². The van der Waals surface area contributed by atoms with Crippen molar-refractivity contribution in [3.63, 3.8) is 0 Å². The summed E-state index contributed by atoms with van der Waals surface area (Å²) in [5.41, 5.74) is 3.18. The quantitative estimate of drug-likeness (QED) is 0.839. The van der Waals surface area contributed by atoms with E-state index in [2.05, 4.69) is 23.6 Å². The second-order valence-electron chi connectivity index (χ2n) is 5.61. The van der Waals surface area contributed by atoms with E-state index in [1.807, 2.05) is 12.1 Å². The molecular weight excluding hydrogens is 224 g/mol. The van der Waals surface area contributed by atoms with Crippen molar-refractivity contribution in [2.24, 2.45) is 5.92 Å². The number of nitrogens with one attached hydrogen (secondary N) is 2. The van der Waals surface area contributed by atoms with Crippen molar-refractivity contribution in [1.29, 1.82) is 0 Å². The highest BCUT2D eigenvalue weighted by atomic mass is 16.1. The molecule has 3 nitrogen and oxygen atoms in total. The van der Waals surface area contributed by atoms with E-state index in [1.165, 1.54) is 5.56 Å². The van der Waals surface area contributed by atoms with Crippen LogP contribution in [0.1, 0.15) is 42.1 Å². The fourth-order valence-corrected chi connectivity index (χ4v) is 3.01. The minimum Gasteiger partial charge on any atom is -0.385 e. The lowest BCUT2D eigenvalue weighted by Gasteiger charge is -2.33. The molecule has 0 spiro atoms. The average molecular weight is 244 g/mol. The minimum absolute atomic E-state index is 0.104. The summed E-state index contributed by atoms with van der Waals surface area (Å²) in [6.45, 7) is 3.25. The van der Waals surface area contributed by atoms with E-state index in [-0.39, 0.29) is 5.91 Å². The second-order valence-corrected chi connectivity index (χ2v) is 5.61. The lowest BCUT2D eigenvalue weighted by atomic mass is 9.81. The Morgan fingerprint density at radius 2 is 2.22 bits per heavy atom. The van der Waals surface area contributed by atoms with Crippen LogP contribution in [0, 0.1) is 5.92 Å². The Morgan fingerprint density at radius 1 is 1.39 bits per heavy atom. The summed E-state index contributed by atoms with van der Waals surface area (Å²) in [4.78, 5) is 12.3. The summed E-state index contributed by atoms with van der Waals surface area (Å²) >= 11 is 0. The van der Waals surface area contributed by atoms with Gasteiger partial charge in [-0.2, -0.15) is 0 Å². The summed E-state index contributed by atoms with van der Waals surface area (Å²) < 4.78 is 0. The van der Waals surface area contributed by atoms with Crippen LogP contribution < -0.4 is 10.6 Å². The van der Waals surface area contributed by atoms with Gasteiger partial charge in [-0.1, -0.05) is 13.0 Å². The predicted molar refractivity (Wildman–Crippen MR) is 72.9 cm³/mol. The molecule has 3 rings (SSSR count). The smallest absolute Gasteiger partial charge is 0.251 e.